The van der Waals surface area contributed by atoms with Crippen molar-refractivity contribution in [2.75, 3.05) is 268 Å². The molecule has 32 nitrogen and oxygen atoms in total. The summed E-state index contributed by atoms with van der Waals surface area (Å²) in [5, 5.41) is 2.02. The molecule has 3 aromatic heterocycles. The number of ether oxygens (including phenoxy) is 24. The number of fused-ring (bicyclic) bond motifs is 20. The van der Waals surface area contributed by atoms with Crippen LogP contribution in [0.15, 0.2) is 48.5 Å². The normalized spacial score (nSPS) is 11.7. The maximum absolute atomic E-state index is 6.51. The maximum Gasteiger partial charge on any atom is 2.00 e. The summed E-state index contributed by atoms with van der Waals surface area (Å²) in [6, 6.07) is 14.4. The van der Waals surface area contributed by atoms with Crippen LogP contribution in [0.5, 0.6) is 46.0 Å². The quantitative estimate of drug-likeness (QED) is 0.0291. The van der Waals surface area contributed by atoms with Gasteiger partial charge in [-0.25, -0.2) is 9.97 Å². The molecule has 5 heterocycles. The van der Waals surface area contributed by atoms with Gasteiger partial charge in [0.1, 0.15) is 52.9 Å². The molecule has 105 heavy (non-hydrogen) atoms. The first-order valence-corrected chi connectivity index (χ1v) is 34.3. The topological polar surface area (TPSA) is 327 Å². The molecule has 33 heteroatoms. The van der Waals surface area contributed by atoms with Gasteiger partial charge in [-0.05, 0) is 70.1 Å². The molecular weight excluding hydrogens is 1420 g/mol. The Kier molecular flexibility index (Phi) is 37.4. The number of hydrogen-bond acceptors (Lipinski definition) is 30. The Labute approximate surface area is 619 Å². The van der Waals surface area contributed by atoms with Crippen LogP contribution >= 0.6 is 0 Å². The molecule has 578 valence electrons. The molecule has 0 N–H and O–H groups in total. The van der Waals surface area contributed by atoms with Crippen molar-refractivity contribution in [2.24, 2.45) is 0 Å². The molecule has 0 saturated heterocycles. The Balaban J connectivity index is 0.0000139. The van der Waals surface area contributed by atoms with Crippen molar-refractivity contribution >= 4 is 44.1 Å². The van der Waals surface area contributed by atoms with Crippen LogP contribution < -0.4 is 47.9 Å². The Hall–Kier alpha value is -7.51. The van der Waals surface area contributed by atoms with Crippen molar-refractivity contribution in [3.63, 3.8) is 0 Å². The number of nitrogens with zero attached hydrogens (tertiary/aromatic N) is 8. The van der Waals surface area contributed by atoms with E-state index in [4.69, 9.17) is 154 Å². The van der Waals surface area contributed by atoms with E-state index >= 15 is 0 Å². The third-order valence-electron chi connectivity index (χ3n) is 15.3. The molecule has 0 spiro atoms. The van der Waals surface area contributed by atoms with E-state index in [0.29, 0.717) is 196 Å². The number of rotatable bonds is 56. The van der Waals surface area contributed by atoms with E-state index in [1.807, 2.05) is 0 Å². The fourth-order valence-electron chi connectivity index (χ4n) is 10.2. The molecule has 0 saturated carbocycles. The van der Waals surface area contributed by atoms with E-state index in [1.165, 1.54) is 0 Å². The van der Waals surface area contributed by atoms with Gasteiger partial charge in [0, 0.05) is 102 Å². The average molecular weight is 1520 g/mol. The molecule has 0 unspecified atom stereocenters. The summed E-state index contributed by atoms with van der Waals surface area (Å²) in [7, 11) is 12.9. The van der Waals surface area contributed by atoms with Crippen molar-refractivity contribution in [1.82, 2.24) is 39.9 Å². The van der Waals surface area contributed by atoms with Gasteiger partial charge in [-0.1, -0.05) is 0 Å². The summed E-state index contributed by atoms with van der Waals surface area (Å²) in [6.07, 6.45) is 0. The molecule has 7 aromatic rings. The molecule has 2 aliphatic rings. The van der Waals surface area contributed by atoms with E-state index in [-0.39, 0.29) is 168 Å². The first kappa shape index (κ1) is 83.1. The summed E-state index contributed by atoms with van der Waals surface area (Å²) < 4.78 is 141. The van der Waals surface area contributed by atoms with Crippen molar-refractivity contribution in [3.8, 4) is 91.5 Å². The zero-order valence-corrected chi connectivity index (χ0v) is 61.9. The van der Waals surface area contributed by atoms with Crippen LogP contribution in [0.3, 0.4) is 0 Å². The van der Waals surface area contributed by atoms with Gasteiger partial charge in [0.15, 0.2) is 46.0 Å². The molecule has 4 aromatic carbocycles. The molecule has 0 aliphatic carbocycles. The van der Waals surface area contributed by atoms with Crippen LogP contribution in [-0.4, -0.2) is 298 Å². The molecule has 2 aliphatic heterocycles. The average Bonchev–Trinajstić information content (AvgIpc) is 1.60. The van der Waals surface area contributed by atoms with Crippen molar-refractivity contribution in [2.45, 2.75) is 0 Å². The van der Waals surface area contributed by atoms with Gasteiger partial charge < -0.3 is 144 Å². The summed E-state index contributed by atoms with van der Waals surface area (Å²) in [5.41, 5.74) is 2.80. The molecular formula is C72H96N8NiO24. The second-order valence-corrected chi connectivity index (χ2v) is 22.5. The predicted molar refractivity (Wildman–Crippen MR) is 380 cm³/mol. The van der Waals surface area contributed by atoms with E-state index in [2.05, 4.69) is 0 Å². The first-order valence-electron chi connectivity index (χ1n) is 34.3. The second-order valence-electron chi connectivity index (χ2n) is 22.5. The predicted octanol–water partition coefficient (Wildman–Crippen LogP) is 6.46. The minimum atomic E-state index is 0. The summed E-state index contributed by atoms with van der Waals surface area (Å²) in [6.45, 7) is 9.19. The molecule has 0 fully saturated rings. The van der Waals surface area contributed by atoms with E-state index in [1.54, 1.807) is 105 Å². The van der Waals surface area contributed by atoms with Gasteiger partial charge in [0.25, 0.3) is 0 Å². The van der Waals surface area contributed by atoms with Gasteiger partial charge in [0.2, 0.25) is 0 Å². The van der Waals surface area contributed by atoms with E-state index in [0.717, 1.165) is 0 Å². The van der Waals surface area contributed by atoms with Crippen LogP contribution in [0.1, 0.15) is 0 Å². The van der Waals surface area contributed by atoms with Crippen LogP contribution in [0.2, 0.25) is 0 Å². The number of hydrogen-bond donors (Lipinski definition) is 0. The third kappa shape index (κ3) is 25.3. The standard InChI is InChI=1S/C72H96N8O24.Ni/c1-81-9-17-89-25-33-97-57-41-49-50(42-58(57)98-34-26-90-18-10-82-2)66-73-65(49)77-67-51-43-59(99-35-27-91-19-11-83-3)60(100-36-28-92-20-12-84-4)44-52(51)69(74-67)79-71-55-47-63(103-39-31-95-23-15-87-7)64(104-40-32-96-24-16-88-8)48-56(55)72(76-71)80-70-54-46-62(102-38-30-94-22-14-86-6)61(45-53(54)68(75-70)78-66)101-37-29-93-21-13-85-5;/h41-48H,9-40H2,1-8H3;/q-2;+2. The van der Waals surface area contributed by atoms with Crippen LogP contribution in [-0.2, 0) is 92.3 Å². The van der Waals surface area contributed by atoms with Gasteiger partial charge in [-0.2, -0.15) is 0 Å². The largest absolute Gasteiger partial charge is 2.00 e. The SMILES string of the molecule is COCCOCCOc1cc2c(cc1OCCOCCOC)-c1nc-2nc2[n-]c(nc3nc(nc4[n-]c(n1)c1cc(OCCOCCOC)c(OCCOCCOC)cc41)-c1cc(OCCOCCOC)c(OCCOCCOC)cc1-3)c1cc(OCCOCCOC)c(OCCOCCOC)cc21.[Ni+2]. The fourth-order valence-corrected chi connectivity index (χ4v) is 10.2. The van der Waals surface area contributed by atoms with Crippen LogP contribution in [0, 0.1) is 0 Å². The minimum Gasteiger partial charge on any atom is -0.487 e. The van der Waals surface area contributed by atoms with Crippen molar-refractivity contribution in [3.05, 3.63) is 48.5 Å². The zero-order valence-electron chi connectivity index (χ0n) is 60.9. The Bertz CT molecular complexity index is 3410. The van der Waals surface area contributed by atoms with Gasteiger partial charge in [-0.15, -0.1) is 0 Å². The zero-order chi connectivity index (χ0) is 72.8. The summed E-state index contributed by atoms with van der Waals surface area (Å²) >= 11 is 0. The van der Waals surface area contributed by atoms with Crippen molar-refractivity contribution in [1.29, 1.82) is 0 Å². The van der Waals surface area contributed by atoms with E-state index in [9.17, 15) is 0 Å². The first-order chi connectivity index (χ1) is 51.3. The molecule has 8 bridgehead atoms. The number of methoxy groups -OCH3 is 8. The summed E-state index contributed by atoms with van der Waals surface area (Å²) in [5.74, 6) is 3.64. The van der Waals surface area contributed by atoms with Crippen LogP contribution in [0.4, 0.5) is 0 Å². The van der Waals surface area contributed by atoms with Gasteiger partial charge >= 0.3 is 16.5 Å². The molecule has 9 rings (SSSR count). The van der Waals surface area contributed by atoms with Gasteiger partial charge in [-0.3, -0.25) is 0 Å². The number of benzene rings is 4. The molecule has 0 amide bonds. The fraction of sp³-hybridized carbons (Fsp3) is 0.556. The molecule has 0 radical (unpaired) electrons. The Morgan fingerprint density at radius 2 is 0.352 bits per heavy atom. The Morgan fingerprint density at radius 1 is 0.200 bits per heavy atom. The maximum atomic E-state index is 6.51. The smallest absolute Gasteiger partial charge is 0.487 e. The van der Waals surface area contributed by atoms with Crippen LogP contribution in [0.25, 0.3) is 89.7 Å². The Morgan fingerprint density at radius 3 is 0.514 bits per heavy atom. The third-order valence-corrected chi connectivity index (χ3v) is 15.3. The van der Waals surface area contributed by atoms with Gasteiger partial charge in [0.05, 0.1) is 182 Å². The molecule has 0 atom stereocenters. The second kappa shape index (κ2) is 47.2. The van der Waals surface area contributed by atoms with Crippen molar-refractivity contribution < 1.29 is 130 Å². The monoisotopic (exact) mass is 1510 g/mol. The summed E-state index contributed by atoms with van der Waals surface area (Å²) in [4.78, 5) is 42.4. The minimum absolute atomic E-state index is 0. The number of aromatic nitrogens is 8. The van der Waals surface area contributed by atoms with E-state index < -0.39 is 0 Å².